The summed E-state index contributed by atoms with van der Waals surface area (Å²) in [6, 6.07) is 15.3. The summed E-state index contributed by atoms with van der Waals surface area (Å²) < 4.78 is 5.55. The van der Waals surface area contributed by atoms with Gasteiger partial charge in [-0.2, -0.15) is 0 Å². The smallest absolute Gasteiger partial charge is 0.270 e. The molecule has 8 heteroatoms. The van der Waals surface area contributed by atoms with Crippen LogP contribution in [0.25, 0.3) is 0 Å². The molecule has 0 saturated carbocycles. The number of amides is 2. The normalized spacial score (nSPS) is 11.2. The Morgan fingerprint density at radius 1 is 1.09 bits per heavy atom. The molecule has 0 aliphatic heterocycles. The van der Waals surface area contributed by atoms with Gasteiger partial charge in [0.25, 0.3) is 11.8 Å². The number of hydrogen-bond acceptors (Lipinski definition) is 5. The molecule has 2 aromatic carbocycles. The van der Waals surface area contributed by atoms with E-state index in [1.807, 2.05) is 48.5 Å². The van der Waals surface area contributed by atoms with Crippen LogP contribution in [0, 0.1) is 0 Å². The number of nitrogens with one attached hydrogen (secondary N) is 2. The lowest BCUT2D eigenvalue weighted by molar-refractivity contribution is -0.123. The number of carbonyl (C=O) groups is 2. The quantitative estimate of drug-likeness (QED) is 0.458. The zero-order valence-electron chi connectivity index (χ0n) is 19.0. The predicted octanol–water partition coefficient (Wildman–Crippen LogP) is 4.76. The average molecular weight is 486 g/mol. The minimum Gasteiger partial charge on any atom is -0.484 e. The largest absolute Gasteiger partial charge is 0.484 e. The summed E-state index contributed by atoms with van der Waals surface area (Å²) in [5, 5.41) is 8.63. The molecule has 0 bridgehead atoms. The van der Waals surface area contributed by atoms with Crippen LogP contribution in [0.2, 0.25) is 5.02 Å². The molecule has 1 heterocycles. The first kappa shape index (κ1) is 24.7. The molecule has 3 aromatic rings. The van der Waals surface area contributed by atoms with Gasteiger partial charge in [0.15, 0.2) is 6.61 Å². The van der Waals surface area contributed by atoms with E-state index in [0.29, 0.717) is 34.4 Å². The highest BCUT2D eigenvalue weighted by Crippen LogP contribution is 2.24. The van der Waals surface area contributed by atoms with Crippen LogP contribution < -0.4 is 15.4 Å². The Bertz CT molecular complexity index is 1090. The van der Waals surface area contributed by atoms with Gasteiger partial charge in [0.2, 0.25) is 0 Å². The summed E-state index contributed by atoms with van der Waals surface area (Å²) in [5.74, 6) is 0.148. The zero-order valence-corrected chi connectivity index (χ0v) is 20.6. The van der Waals surface area contributed by atoms with Crippen LogP contribution in [0.15, 0.2) is 53.9 Å². The highest BCUT2D eigenvalue weighted by Gasteiger charge is 2.14. The Kier molecular flexibility index (Phi) is 8.47. The Morgan fingerprint density at radius 3 is 2.55 bits per heavy atom. The molecule has 0 fully saturated rings. The number of aromatic nitrogens is 1. The molecule has 0 aliphatic rings. The molecule has 0 unspecified atom stereocenters. The van der Waals surface area contributed by atoms with Gasteiger partial charge in [-0.3, -0.25) is 9.59 Å². The zero-order chi connectivity index (χ0) is 23.8. The molecule has 33 heavy (non-hydrogen) atoms. The van der Waals surface area contributed by atoms with Crippen molar-refractivity contribution in [3.63, 3.8) is 0 Å². The van der Waals surface area contributed by atoms with Crippen LogP contribution in [0.3, 0.4) is 0 Å². The Hall–Kier alpha value is -2.90. The van der Waals surface area contributed by atoms with E-state index in [4.69, 9.17) is 16.3 Å². The van der Waals surface area contributed by atoms with Crippen molar-refractivity contribution in [3.05, 3.63) is 80.8 Å². The maximum Gasteiger partial charge on any atom is 0.270 e. The van der Waals surface area contributed by atoms with Crippen molar-refractivity contribution in [3.8, 4) is 5.75 Å². The second-order valence-corrected chi connectivity index (χ2v) is 9.98. The molecule has 0 aliphatic carbocycles. The number of rotatable bonds is 9. The number of thiazole rings is 1. The first-order chi connectivity index (χ1) is 15.7. The molecule has 0 radical (unpaired) electrons. The number of halogens is 1. The van der Waals surface area contributed by atoms with Gasteiger partial charge in [0.1, 0.15) is 16.5 Å². The third kappa shape index (κ3) is 7.87. The first-order valence-corrected chi connectivity index (χ1v) is 11.9. The monoisotopic (exact) mass is 485 g/mol. The van der Waals surface area contributed by atoms with E-state index in [0.717, 1.165) is 5.56 Å². The van der Waals surface area contributed by atoms with Gasteiger partial charge in [-0.05, 0) is 47.2 Å². The molecular weight excluding hydrogens is 458 g/mol. The summed E-state index contributed by atoms with van der Waals surface area (Å²) in [7, 11) is 0. The summed E-state index contributed by atoms with van der Waals surface area (Å²) in [4.78, 5) is 28.7. The van der Waals surface area contributed by atoms with Crippen LogP contribution in [0.4, 0.5) is 0 Å². The van der Waals surface area contributed by atoms with Gasteiger partial charge < -0.3 is 15.4 Å². The van der Waals surface area contributed by atoms with Crippen LogP contribution in [-0.4, -0.2) is 29.9 Å². The van der Waals surface area contributed by atoms with Crippen molar-refractivity contribution >= 4 is 34.8 Å². The van der Waals surface area contributed by atoms with E-state index in [-0.39, 0.29) is 30.4 Å². The van der Waals surface area contributed by atoms with Crippen LogP contribution >= 0.6 is 22.9 Å². The fourth-order valence-electron chi connectivity index (χ4n) is 3.03. The van der Waals surface area contributed by atoms with E-state index in [1.54, 1.807) is 5.38 Å². The van der Waals surface area contributed by atoms with Gasteiger partial charge in [0.05, 0.1) is 6.54 Å². The summed E-state index contributed by atoms with van der Waals surface area (Å²) >= 11 is 7.30. The number of hydrogen-bond donors (Lipinski definition) is 2. The molecule has 174 valence electrons. The van der Waals surface area contributed by atoms with Crippen molar-refractivity contribution in [1.29, 1.82) is 0 Å². The van der Waals surface area contributed by atoms with E-state index in [1.165, 1.54) is 16.9 Å². The molecule has 0 atom stereocenters. The standard InChI is InChI=1S/C25H28ClN3O3S/c1-25(2,3)18-7-9-20(10-8-18)32-15-22(30)28-14-23-29-21(16-33-23)24(31)27-12-11-17-5-4-6-19(26)13-17/h4-10,13,16H,11-12,14-15H2,1-3H3,(H,27,31)(H,28,30). The number of carbonyl (C=O) groups excluding carboxylic acids is 2. The maximum atomic E-state index is 12.3. The van der Waals surface area contributed by atoms with Gasteiger partial charge >= 0.3 is 0 Å². The summed E-state index contributed by atoms with van der Waals surface area (Å²) in [5.41, 5.74) is 2.66. The molecule has 0 saturated heterocycles. The molecule has 6 nitrogen and oxygen atoms in total. The Labute approximate surface area is 203 Å². The second-order valence-electron chi connectivity index (χ2n) is 8.60. The van der Waals surface area contributed by atoms with Crippen molar-refractivity contribution in [2.75, 3.05) is 13.2 Å². The number of nitrogens with zero attached hydrogens (tertiary/aromatic N) is 1. The fourth-order valence-corrected chi connectivity index (χ4v) is 3.95. The van der Waals surface area contributed by atoms with Crippen LogP contribution in [0.1, 0.15) is 47.4 Å². The van der Waals surface area contributed by atoms with E-state index in [2.05, 4.69) is 36.4 Å². The summed E-state index contributed by atoms with van der Waals surface area (Å²) in [6.07, 6.45) is 0.679. The third-order valence-corrected chi connectivity index (χ3v) is 5.98. The first-order valence-electron chi connectivity index (χ1n) is 10.7. The highest BCUT2D eigenvalue weighted by molar-refractivity contribution is 7.09. The van der Waals surface area contributed by atoms with E-state index >= 15 is 0 Å². The van der Waals surface area contributed by atoms with Gasteiger partial charge in [-0.1, -0.05) is 56.6 Å². The fraction of sp³-hybridized carbons (Fsp3) is 0.320. The average Bonchev–Trinajstić information content (AvgIpc) is 3.25. The molecule has 2 amide bonds. The van der Waals surface area contributed by atoms with Crippen LogP contribution in [-0.2, 0) is 23.2 Å². The second kappa shape index (κ2) is 11.3. The lowest BCUT2D eigenvalue weighted by Gasteiger charge is -2.19. The van der Waals surface area contributed by atoms with Crippen molar-refractivity contribution in [2.24, 2.45) is 0 Å². The van der Waals surface area contributed by atoms with Crippen molar-refractivity contribution in [1.82, 2.24) is 15.6 Å². The van der Waals surface area contributed by atoms with Crippen molar-refractivity contribution in [2.45, 2.75) is 39.2 Å². The molecule has 3 rings (SSSR count). The SMILES string of the molecule is CC(C)(C)c1ccc(OCC(=O)NCc2nc(C(=O)NCCc3cccc(Cl)c3)cs2)cc1. The third-order valence-electron chi connectivity index (χ3n) is 4.90. The van der Waals surface area contributed by atoms with E-state index < -0.39 is 0 Å². The number of ether oxygens (including phenoxy) is 1. The summed E-state index contributed by atoms with van der Waals surface area (Å²) in [6.45, 7) is 7.07. The topological polar surface area (TPSA) is 80.3 Å². The van der Waals surface area contributed by atoms with Crippen molar-refractivity contribution < 1.29 is 14.3 Å². The Balaban J connectivity index is 1.39. The van der Waals surface area contributed by atoms with Gasteiger partial charge in [-0.25, -0.2) is 4.98 Å². The maximum absolute atomic E-state index is 12.3. The molecule has 0 spiro atoms. The molecular formula is C25H28ClN3O3S. The van der Waals surface area contributed by atoms with Crippen LogP contribution in [0.5, 0.6) is 5.75 Å². The molecule has 2 N–H and O–H groups in total. The van der Waals surface area contributed by atoms with Gasteiger partial charge in [0, 0.05) is 16.9 Å². The minimum absolute atomic E-state index is 0.0650. The number of benzene rings is 2. The minimum atomic E-state index is -0.252. The highest BCUT2D eigenvalue weighted by atomic mass is 35.5. The van der Waals surface area contributed by atoms with Gasteiger partial charge in [-0.15, -0.1) is 11.3 Å². The van der Waals surface area contributed by atoms with E-state index in [9.17, 15) is 9.59 Å². The Morgan fingerprint density at radius 2 is 1.85 bits per heavy atom. The predicted molar refractivity (Wildman–Crippen MR) is 132 cm³/mol. The lowest BCUT2D eigenvalue weighted by Crippen LogP contribution is -2.28. The lowest BCUT2D eigenvalue weighted by atomic mass is 9.87. The molecule has 1 aromatic heterocycles.